The van der Waals surface area contributed by atoms with Gasteiger partial charge in [-0.2, -0.15) is 4.98 Å². The number of aromatic nitrogens is 2. The van der Waals surface area contributed by atoms with Crippen LogP contribution in [-0.2, 0) is 11.2 Å². The molecule has 25 heavy (non-hydrogen) atoms. The number of hydrogen-bond acceptors (Lipinski definition) is 4. The van der Waals surface area contributed by atoms with E-state index < -0.39 is 0 Å². The lowest BCUT2D eigenvalue weighted by atomic mass is 10.1. The number of rotatable bonds is 8. The van der Waals surface area contributed by atoms with Crippen LogP contribution in [0.5, 0.6) is 0 Å². The second-order valence-corrected chi connectivity index (χ2v) is 8.02. The van der Waals surface area contributed by atoms with Gasteiger partial charge in [-0.15, -0.1) is 0 Å². The van der Waals surface area contributed by atoms with Crippen molar-refractivity contribution in [3.8, 4) is 11.4 Å². The molecule has 0 spiro atoms. The monoisotopic (exact) mass is 407 g/mol. The molecule has 1 aromatic carbocycles. The van der Waals surface area contributed by atoms with Crippen molar-refractivity contribution in [1.29, 1.82) is 0 Å². The van der Waals surface area contributed by atoms with Crippen LogP contribution in [0.15, 0.2) is 33.3 Å². The van der Waals surface area contributed by atoms with E-state index in [1.54, 1.807) is 0 Å². The van der Waals surface area contributed by atoms with E-state index in [0.717, 1.165) is 16.6 Å². The van der Waals surface area contributed by atoms with Gasteiger partial charge in [-0.1, -0.05) is 48.8 Å². The lowest BCUT2D eigenvalue weighted by molar-refractivity contribution is -0.132. The molecule has 0 aliphatic carbocycles. The summed E-state index contributed by atoms with van der Waals surface area (Å²) in [4.78, 5) is 18.8. The predicted octanol–water partition coefficient (Wildman–Crippen LogP) is 4.57. The molecule has 0 aliphatic heterocycles. The molecule has 6 heteroatoms. The smallest absolute Gasteiger partial charge is 0.228 e. The minimum Gasteiger partial charge on any atom is -0.342 e. The largest absolute Gasteiger partial charge is 0.342 e. The highest BCUT2D eigenvalue weighted by molar-refractivity contribution is 9.10. The summed E-state index contributed by atoms with van der Waals surface area (Å²) in [5, 5.41) is 4.04. The van der Waals surface area contributed by atoms with Crippen LogP contribution in [0.25, 0.3) is 11.4 Å². The Balaban J connectivity index is 2.00. The highest BCUT2D eigenvalue weighted by Crippen LogP contribution is 2.19. The second kappa shape index (κ2) is 9.13. The molecule has 1 heterocycles. The van der Waals surface area contributed by atoms with Gasteiger partial charge in [0.25, 0.3) is 0 Å². The normalized spacial score (nSPS) is 11.3. The average Bonchev–Trinajstić information content (AvgIpc) is 3.00. The summed E-state index contributed by atoms with van der Waals surface area (Å²) in [6, 6.07) is 7.77. The molecule has 0 unspecified atom stereocenters. The van der Waals surface area contributed by atoms with Crippen molar-refractivity contribution in [2.24, 2.45) is 11.8 Å². The molecular formula is C19H26BrN3O2. The average molecular weight is 408 g/mol. The maximum atomic E-state index is 12.4. The van der Waals surface area contributed by atoms with Crippen LogP contribution in [0.2, 0.25) is 0 Å². The molecule has 0 saturated carbocycles. The summed E-state index contributed by atoms with van der Waals surface area (Å²) in [6.45, 7) is 9.72. The maximum Gasteiger partial charge on any atom is 0.228 e. The SMILES string of the molecule is CC(C)CC(=O)N(CCc1nc(-c2ccc(Br)cc2)no1)CC(C)C. The van der Waals surface area contributed by atoms with Gasteiger partial charge in [0.05, 0.1) is 0 Å². The lowest BCUT2D eigenvalue weighted by Crippen LogP contribution is -2.36. The maximum absolute atomic E-state index is 12.4. The first-order chi connectivity index (χ1) is 11.8. The van der Waals surface area contributed by atoms with Gasteiger partial charge in [0.1, 0.15) is 0 Å². The van der Waals surface area contributed by atoms with Gasteiger partial charge in [0.15, 0.2) is 0 Å². The van der Waals surface area contributed by atoms with Gasteiger partial charge in [-0.25, -0.2) is 0 Å². The number of nitrogens with zero attached hydrogens (tertiary/aromatic N) is 3. The fourth-order valence-electron chi connectivity index (χ4n) is 2.54. The van der Waals surface area contributed by atoms with Crippen LogP contribution < -0.4 is 0 Å². The van der Waals surface area contributed by atoms with E-state index in [2.05, 4.69) is 53.8 Å². The predicted molar refractivity (Wildman–Crippen MR) is 102 cm³/mol. The Morgan fingerprint density at radius 3 is 2.44 bits per heavy atom. The van der Waals surface area contributed by atoms with Crippen LogP contribution in [0.3, 0.4) is 0 Å². The highest BCUT2D eigenvalue weighted by atomic mass is 79.9. The summed E-state index contributed by atoms with van der Waals surface area (Å²) in [5.41, 5.74) is 0.910. The van der Waals surface area contributed by atoms with Crippen LogP contribution >= 0.6 is 15.9 Å². The summed E-state index contributed by atoms with van der Waals surface area (Å²) >= 11 is 3.41. The molecule has 2 aromatic rings. The molecule has 0 bridgehead atoms. The molecule has 5 nitrogen and oxygen atoms in total. The summed E-state index contributed by atoms with van der Waals surface area (Å²) in [5.74, 6) is 2.11. The second-order valence-electron chi connectivity index (χ2n) is 7.10. The Kier molecular flexibility index (Phi) is 7.17. The third kappa shape index (κ3) is 6.27. The number of carbonyl (C=O) groups is 1. The molecule has 0 fully saturated rings. The number of halogens is 1. The van der Waals surface area contributed by atoms with Crippen molar-refractivity contribution in [3.63, 3.8) is 0 Å². The van der Waals surface area contributed by atoms with Crippen molar-refractivity contribution in [2.45, 2.75) is 40.5 Å². The first-order valence-corrected chi connectivity index (χ1v) is 9.50. The Labute approximate surface area is 157 Å². The molecule has 0 saturated heterocycles. The molecule has 136 valence electrons. The fourth-order valence-corrected chi connectivity index (χ4v) is 2.80. The zero-order chi connectivity index (χ0) is 18.4. The van der Waals surface area contributed by atoms with E-state index in [4.69, 9.17) is 4.52 Å². The summed E-state index contributed by atoms with van der Waals surface area (Å²) in [7, 11) is 0. The summed E-state index contributed by atoms with van der Waals surface area (Å²) in [6.07, 6.45) is 1.14. The van der Waals surface area contributed by atoms with Crippen molar-refractivity contribution in [3.05, 3.63) is 34.6 Å². The zero-order valence-corrected chi connectivity index (χ0v) is 16.9. The van der Waals surface area contributed by atoms with E-state index in [9.17, 15) is 4.79 Å². The van der Waals surface area contributed by atoms with Gasteiger partial charge in [-0.05, 0) is 36.1 Å². The number of benzene rings is 1. The number of carbonyl (C=O) groups excluding carboxylic acids is 1. The van der Waals surface area contributed by atoms with Crippen molar-refractivity contribution in [2.75, 3.05) is 13.1 Å². The third-order valence-electron chi connectivity index (χ3n) is 3.69. The first-order valence-electron chi connectivity index (χ1n) is 8.71. The Bertz CT molecular complexity index is 680. The minimum atomic E-state index is 0.191. The molecule has 0 radical (unpaired) electrons. The van der Waals surface area contributed by atoms with Gasteiger partial charge in [0.2, 0.25) is 17.6 Å². The fraction of sp³-hybridized carbons (Fsp3) is 0.526. The Morgan fingerprint density at radius 2 is 1.84 bits per heavy atom. The number of hydrogen-bond donors (Lipinski definition) is 0. The Hall–Kier alpha value is -1.69. The van der Waals surface area contributed by atoms with Gasteiger partial charge in [0, 0.05) is 36.0 Å². The highest BCUT2D eigenvalue weighted by Gasteiger charge is 2.18. The van der Waals surface area contributed by atoms with E-state index in [-0.39, 0.29) is 5.91 Å². The third-order valence-corrected chi connectivity index (χ3v) is 4.22. The van der Waals surface area contributed by atoms with Crippen molar-refractivity contribution < 1.29 is 9.32 Å². The van der Waals surface area contributed by atoms with E-state index in [1.807, 2.05) is 29.2 Å². The van der Waals surface area contributed by atoms with Crippen molar-refractivity contribution >= 4 is 21.8 Å². The van der Waals surface area contributed by atoms with Crippen LogP contribution in [0, 0.1) is 11.8 Å². The van der Waals surface area contributed by atoms with Crippen LogP contribution in [0.4, 0.5) is 0 Å². The minimum absolute atomic E-state index is 0.191. The molecule has 1 aromatic heterocycles. The van der Waals surface area contributed by atoms with Gasteiger partial charge < -0.3 is 9.42 Å². The topological polar surface area (TPSA) is 59.2 Å². The molecule has 1 amide bonds. The van der Waals surface area contributed by atoms with Crippen molar-refractivity contribution in [1.82, 2.24) is 15.0 Å². The molecule has 2 rings (SSSR count). The van der Waals surface area contributed by atoms with Crippen LogP contribution in [-0.4, -0.2) is 34.0 Å². The standard InChI is InChI=1S/C19H26BrN3O2/c1-13(2)11-18(24)23(12-14(3)4)10-9-17-21-19(22-25-17)15-5-7-16(20)8-6-15/h5-8,13-14H,9-12H2,1-4H3. The molecule has 0 atom stereocenters. The quantitative estimate of drug-likeness (QED) is 0.642. The van der Waals surface area contributed by atoms with E-state index >= 15 is 0 Å². The van der Waals surface area contributed by atoms with Gasteiger partial charge >= 0.3 is 0 Å². The van der Waals surface area contributed by atoms with E-state index in [0.29, 0.717) is 42.9 Å². The zero-order valence-electron chi connectivity index (χ0n) is 15.3. The molecule has 0 N–H and O–H groups in total. The van der Waals surface area contributed by atoms with E-state index in [1.165, 1.54) is 0 Å². The summed E-state index contributed by atoms with van der Waals surface area (Å²) < 4.78 is 6.36. The molecular weight excluding hydrogens is 382 g/mol. The molecule has 0 aliphatic rings. The van der Waals surface area contributed by atoms with Crippen LogP contribution in [0.1, 0.15) is 40.0 Å². The Morgan fingerprint density at radius 1 is 1.16 bits per heavy atom. The first kappa shape index (κ1) is 19.6. The van der Waals surface area contributed by atoms with Gasteiger partial charge in [-0.3, -0.25) is 4.79 Å². The number of amides is 1. The lowest BCUT2D eigenvalue weighted by Gasteiger charge is -2.24.